The van der Waals surface area contributed by atoms with Crippen LogP contribution in [-0.4, -0.2) is 73.5 Å². The highest BCUT2D eigenvalue weighted by Crippen LogP contribution is 2.30. The minimum Gasteiger partial charge on any atom is -0.479 e. The van der Waals surface area contributed by atoms with Gasteiger partial charge in [0.15, 0.2) is 5.78 Å². The maximum atomic E-state index is 14.3. The zero-order valence-electron chi connectivity index (χ0n) is 41.7. The Morgan fingerprint density at radius 3 is 0.937 bits per heavy atom. The summed E-state index contributed by atoms with van der Waals surface area (Å²) in [5, 5.41) is 30.6. The number of amides is 2. The lowest BCUT2D eigenvalue weighted by Crippen LogP contribution is -2.65. The topological polar surface area (TPSA) is 132 Å². The summed E-state index contributed by atoms with van der Waals surface area (Å²) in [7, 11) is 0. The Labute approximate surface area is 393 Å². The van der Waals surface area contributed by atoms with Crippen LogP contribution in [0.4, 0.5) is 0 Å². The Kier molecular flexibility index (Phi) is 44.6. The fraction of sp³-hybridized carbons (Fsp3) is 0.926. The fourth-order valence-electron chi connectivity index (χ4n) is 8.83. The van der Waals surface area contributed by atoms with Gasteiger partial charge in [-0.2, -0.15) is 11.8 Å². The van der Waals surface area contributed by atoms with Gasteiger partial charge >= 0.3 is 5.97 Å². The van der Waals surface area contributed by atoms with Crippen molar-refractivity contribution in [2.24, 2.45) is 0 Å². The third-order valence-electron chi connectivity index (χ3n) is 13.0. The second-order valence-corrected chi connectivity index (χ2v) is 20.1. The van der Waals surface area contributed by atoms with E-state index in [1.807, 2.05) is 0 Å². The number of carbonyl (C=O) groups is 4. The highest BCUT2D eigenvalue weighted by Gasteiger charge is 2.54. The molecule has 3 N–H and O–H groups in total. The Morgan fingerprint density at radius 2 is 0.683 bits per heavy atom. The molecule has 0 saturated heterocycles. The van der Waals surface area contributed by atoms with E-state index < -0.39 is 41.8 Å². The molecule has 0 aromatic rings. The first-order valence-electron chi connectivity index (χ1n) is 27.2. The van der Waals surface area contributed by atoms with Crippen LogP contribution in [0.15, 0.2) is 0 Å². The van der Waals surface area contributed by atoms with Gasteiger partial charge in [0, 0.05) is 30.8 Å². The number of ketones is 1. The van der Waals surface area contributed by atoms with Crippen LogP contribution in [0.25, 0.3) is 0 Å². The first kappa shape index (κ1) is 61.5. The molecule has 0 spiro atoms. The van der Waals surface area contributed by atoms with E-state index in [2.05, 4.69) is 20.8 Å². The number of nitrogens with zero attached hydrogens (tertiary/aromatic N) is 1. The Balaban J connectivity index is 5.54. The van der Waals surface area contributed by atoms with Crippen LogP contribution >= 0.6 is 11.8 Å². The van der Waals surface area contributed by atoms with Crippen LogP contribution in [0.2, 0.25) is 0 Å². The molecule has 9 heteroatoms. The predicted molar refractivity (Wildman–Crippen MR) is 269 cm³/mol. The van der Waals surface area contributed by atoms with Crippen molar-refractivity contribution in [2.75, 3.05) is 18.1 Å². The van der Waals surface area contributed by atoms with Crippen molar-refractivity contribution < 1.29 is 34.5 Å². The van der Waals surface area contributed by atoms with E-state index in [0.717, 1.165) is 80.9 Å². The minimum atomic E-state index is -2.35. The van der Waals surface area contributed by atoms with Gasteiger partial charge in [0.2, 0.25) is 17.4 Å². The summed E-state index contributed by atoms with van der Waals surface area (Å²) in [4.78, 5) is 57.1. The molecule has 0 aliphatic heterocycles. The molecule has 63 heavy (non-hydrogen) atoms. The second kappa shape index (κ2) is 45.7. The van der Waals surface area contributed by atoms with Crippen molar-refractivity contribution in [1.82, 2.24) is 4.90 Å². The van der Waals surface area contributed by atoms with Gasteiger partial charge in [0.25, 0.3) is 0 Å². The number of aliphatic hydroxyl groups is 2. The van der Waals surface area contributed by atoms with E-state index in [-0.39, 0.29) is 30.8 Å². The van der Waals surface area contributed by atoms with Crippen molar-refractivity contribution in [1.29, 1.82) is 0 Å². The van der Waals surface area contributed by atoms with Gasteiger partial charge in [-0.25, -0.2) is 4.79 Å². The number of thioether (sulfide) groups is 1. The molecule has 2 atom stereocenters. The summed E-state index contributed by atoms with van der Waals surface area (Å²) in [5.41, 5.74) is -2.35. The largest absolute Gasteiger partial charge is 0.479 e. The number of rotatable bonds is 50. The number of carboxylic acid groups (broad SMARTS) is 1. The van der Waals surface area contributed by atoms with Gasteiger partial charge in [-0.05, 0) is 19.3 Å². The van der Waals surface area contributed by atoms with Crippen molar-refractivity contribution in [3.05, 3.63) is 0 Å². The Morgan fingerprint density at radius 1 is 0.429 bits per heavy atom. The van der Waals surface area contributed by atoms with E-state index in [1.54, 1.807) is 0 Å². The molecule has 0 aromatic heterocycles. The molecule has 0 heterocycles. The van der Waals surface area contributed by atoms with Crippen LogP contribution in [0.3, 0.4) is 0 Å². The molecule has 0 rings (SSSR count). The molecule has 0 radical (unpaired) electrons. The minimum absolute atomic E-state index is 0.00845. The molecule has 0 fully saturated rings. The number of hydrogen-bond donors (Lipinski definition) is 3. The first-order valence-corrected chi connectivity index (χ1v) is 28.4. The predicted octanol–water partition coefficient (Wildman–Crippen LogP) is 15.3. The van der Waals surface area contributed by atoms with Gasteiger partial charge in [-0.15, -0.1) is 0 Å². The van der Waals surface area contributed by atoms with Crippen LogP contribution in [-0.2, 0) is 19.2 Å². The molecule has 372 valence electrons. The number of carbonyl (C=O) groups excluding carboxylic acids is 3. The molecular weight excluding hydrogens is 807 g/mol. The number of carboxylic acids is 1. The van der Waals surface area contributed by atoms with Gasteiger partial charge in [-0.3, -0.25) is 19.3 Å². The Bertz CT molecular complexity index is 1030. The number of imide groups is 1. The second-order valence-electron chi connectivity index (χ2n) is 19.0. The maximum Gasteiger partial charge on any atom is 0.338 e. The molecule has 0 bridgehead atoms. The zero-order valence-corrected chi connectivity index (χ0v) is 42.5. The van der Waals surface area contributed by atoms with Gasteiger partial charge in [0.1, 0.15) is 0 Å². The van der Waals surface area contributed by atoms with E-state index in [9.17, 15) is 34.5 Å². The van der Waals surface area contributed by atoms with E-state index in [1.165, 1.54) is 167 Å². The van der Waals surface area contributed by atoms with Crippen LogP contribution in [0.1, 0.15) is 290 Å². The number of Topliss-reactive ketones (excluding diaryl/α,β-unsaturated/α-hetero) is 1. The van der Waals surface area contributed by atoms with Gasteiger partial charge in [0.05, 0.1) is 12.7 Å². The Hall–Kier alpha value is -1.45. The quantitative estimate of drug-likeness (QED) is 0.0406. The molecule has 0 saturated carbocycles. The fourth-order valence-corrected chi connectivity index (χ4v) is 10.0. The SMILES string of the molecule is CCCCCCCCCCCCCCCC(=O)N(C(=O)CCCCCCCCCCCCCCC)C(CSCC(O)CO)(C(=O)O)C(=O)CCCCCCCCCCCCCCC. The van der Waals surface area contributed by atoms with Crippen molar-refractivity contribution >= 4 is 35.3 Å². The van der Waals surface area contributed by atoms with Gasteiger partial charge in [-0.1, -0.05) is 252 Å². The number of aliphatic hydroxyl groups excluding tert-OH is 2. The summed E-state index contributed by atoms with van der Waals surface area (Å²) < 4.78 is 0. The summed E-state index contributed by atoms with van der Waals surface area (Å²) in [5.74, 6) is -3.60. The third kappa shape index (κ3) is 33.6. The lowest BCUT2D eigenvalue weighted by Gasteiger charge is -2.38. The molecule has 0 aliphatic carbocycles. The number of unbranched alkanes of at least 4 members (excludes halogenated alkanes) is 36. The standard InChI is InChI=1S/C54H103NO7S/c1-4-7-10-13-16-19-22-25-28-31-34-37-40-43-50(58)54(53(61)62,48-63-47-49(57)46-56)55(51(59)44-41-38-35-32-29-26-23-20-17-14-11-8-5-2)52(60)45-42-39-36-33-30-27-24-21-18-15-12-9-6-3/h49,56-57H,4-48H2,1-3H3,(H,61,62). The molecule has 0 aliphatic rings. The highest BCUT2D eigenvalue weighted by molar-refractivity contribution is 7.99. The summed E-state index contributed by atoms with van der Waals surface area (Å²) >= 11 is 1.01. The van der Waals surface area contributed by atoms with Gasteiger partial charge < -0.3 is 15.3 Å². The summed E-state index contributed by atoms with van der Waals surface area (Å²) in [6.45, 7) is 6.23. The van der Waals surface area contributed by atoms with E-state index >= 15 is 0 Å². The molecule has 0 aromatic carbocycles. The van der Waals surface area contributed by atoms with Crippen molar-refractivity contribution in [2.45, 2.75) is 302 Å². The van der Waals surface area contributed by atoms with Crippen LogP contribution in [0.5, 0.6) is 0 Å². The third-order valence-corrected chi connectivity index (χ3v) is 14.3. The van der Waals surface area contributed by atoms with E-state index in [4.69, 9.17) is 0 Å². The zero-order chi connectivity index (χ0) is 46.5. The lowest BCUT2D eigenvalue weighted by molar-refractivity contribution is -0.169. The number of hydrogen-bond acceptors (Lipinski definition) is 7. The first-order chi connectivity index (χ1) is 30.7. The monoisotopic (exact) mass is 910 g/mol. The normalized spacial score (nSPS) is 13.0. The molecule has 2 amide bonds. The average Bonchev–Trinajstić information content (AvgIpc) is 3.27. The highest BCUT2D eigenvalue weighted by atomic mass is 32.2. The lowest BCUT2D eigenvalue weighted by atomic mass is 9.88. The number of aliphatic carboxylic acids is 1. The molecular formula is C54H103NO7S. The average molecular weight is 910 g/mol. The summed E-state index contributed by atoms with van der Waals surface area (Å²) in [6.07, 6.45) is 43.6. The summed E-state index contributed by atoms with van der Waals surface area (Å²) in [6, 6.07) is 0. The molecule has 8 nitrogen and oxygen atoms in total. The smallest absolute Gasteiger partial charge is 0.338 e. The molecule has 2 unspecified atom stereocenters. The van der Waals surface area contributed by atoms with Crippen molar-refractivity contribution in [3.63, 3.8) is 0 Å². The van der Waals surface area contributed by atoms with Crippen LogP contribution in [0, 0.1) is 0 Å². The van der Waals surface area contributed by atoms with E-state index in [0.29, 0.717) is 19.3 Å². The maximum absolute atomic E-state index is 14.3. The van der Waals surface area contributed by atoms with Crippen molar-refractivity contribution in [3.8, 4) is 0 Å². The van der Waals surface area contributed by atoms with Crippen LogP contribution < -0.4 is 0 Å².